The molecule has 0 amide bonds. The first kappa shape index (κ1) is 15.1. The Morgan fingerprint density at radius 2 is 1.83 bits per heavy atom. The number of hydrogen-bond donors (Lipinski definition) is 0. The van der Waals surface area contributed by atoms with Gasteiger partial charge in [0.05, 0.1) is 18.5 Å². The number of carbonyl (C=O) groups is 2. The lowest BCUT2D eigenvalue weighted by Crippen LogP contribution is -2.47. The molecule has 0 aromatic rings. The molecule has 0 saturated carbocycles. The zero-order chi connectivity index (χ0) is 13.8. The number of carbonyl (C=O) groups excluding carboxylic acids is 2. The van der Waals surface area contributed by atoms with Crippen molar-refractivity contribution in [1.82, 2.24) is 0 Å². The van der Waals surface area contributed by atoms with E-state index in [0.717, 1.165) is 5.57 Å². The van der Waals surface area contributed by atoms with Crippen molar-refractivity contribution >= 4 is 23.7 Å². The molecule has 1 rings (SSSR count). The molecule has 1 aliphatic carbocycles. The zero-order valence-corrected chi connectivity index (χ0v) is 12.1. The average Bonchev–Trinajstić information content (AvgIpc) is 2.68. The summed E-state index contributed by atoms with van der Waals surface area (Å²) in [6.45, 7) is 5.93. The van der Waals surface area contributed by atoms with Gasteiger partial charge in [-0.1, -0.05) is 11.6 Å². The minimum atomic E-state index is -1.20. The Morgan fingerprint density at radius 1 is 1.33 bits per heavy atom. The van der Waals surface area contributed by atoms with Crippen LogP contribution in [0.1, 0.15) is 27.2 Å². The van der Waals surface area contributed by atoms with Gasteiger partial charge >= 0.3 is 11.9 Å². The van der Waals surface area contributed by atoms with Crippen LogP contribution in [0.15, 0.2) is 11.6 Å². The maximum absolute atomic E-state index is 12.2. The summed E-state index contributed by atoms with van der Waals surface area (Å²) in [6, 6.07) is 0. The van der Waals surface area contributed by atoms with Gasteiger partial charge in [0.1, 0.15) is 0 Å². The lowest BCUT2D eigenvalue weighted by atomic mass is 9.84. The van der Waals surface area contributed by atoms with Crippen LogP contribution in [-0.2, 0) is 19.1 Å². The van der Waals surface area contributed by atoms with Gasteiger partial charge in [0.15, 0.2) is 5.41 Å². The van der Waals surface area contributed by atoms with E-state index in [0.29, 0.717) is 6.42 Å². The highest BCUT2D eigenvalue weighted by Gasteiger charge is 2.57. The molecule has 0 aliphatic heterocycles. The van der Waals surface area contributed by atoms with E-state index in [1.54, 1.807) is 13.8 Å². The van der Waals surface area contributed by atoms with E-state index in [-0.39, 0.29) is 18.5 Å². The fourth-order valence-corrected chi connectivity index (χ4v) is 3.45. The van der Waals surface area contributed by atoms with Gasteiger partial charge in [-0.15, -0.1) is 0 Å². The molecule has 5 heteroatoms. The van der Waals surface area contributed by atoms with E-state index in [4.69, 9.17) is 9.47 Å². The molecule has 0 spiro atoms. The van der Waals surface area contributed by atoms with Crippen LogP contribution in [0.4, 0.5) is 0 Å². The minimum absolute atomic E-state index is 0.199. The second-order valence-electron chi connectivity index (χ2n) is 4.18. The number of allylic oxidation sites excluding steroid dienone is 1. The molecule has 4 nitrogen and oxygen atoms in total. The van der Waals surface area contributed by atoms with Crippen LogP contribution in [0.2, 0.25) is 0 Å². The Balaban J connectivity index is 3.10. The monoisotopic (exact) mass is 272 g/mol. The molecule has 1 atom stereocenters. The molecule has 102 valence electrons. The van der Waals surface area contributed by atoms with E-state index < -0.39 is 17.4 Å². The maximum Gasteiger partial charge on any atom is 0.325 e. The van der Waals surface area contributed by atoms with Crippen LogP contribution in [0.3, 0.4) is 0 Å². The Morgan fingerprint density at radius 3 is 2.22 bits per heavy atom. The van der Waals surface area contributed by atoms with Crippen molar-refractivity contribution < 1.29 is 19.1 Å². The topological polar surface area (TPSA) is 52.6 Å². The smallest absolute Gasteiger partial charge is 0.325 e. The number of hydrogen-bond acceptors (Lipinski definition) is 5. The Hall–Kier alpha value is -0.970. The van der Waals surface area contributed by atoms with E-state index in [1.165, 1.54) is 11.8 Å². The molecular formula is C13H20O4S. The van der Waals surface area contributed by atoms with Crippen LogP contribution in [-0.4, -0.2) is 36.7 Å². The van der Waals surface area contributed by atoms with Crippen molar-refractivity contribution in [1.29, 1.82) is 0 Å². The van der Waals surface area contributed by atoms with Crippen LogP contribution in [0, 0.1) is 5.41 Å². The highest BCUT2D eigenvalue weighted by molar-refractivity contribution is 7.99. The van der Waals surface area contributed by atoms with Crippen LogP contribution in [0.5, 0.6) is 0 Å². The summed E-state index contributed by atoms with van der Waals surface area (Å²) >= 11 is 1.49. The molecular weight excluding hydrogens is 252 g/mol. The molecule has 0 saturated heterocycles. The third-order valence-electron chi connectivity index (χ3n) is 3.12. The van der Waals surface area contributed by atoms with Gasteiger partial charge in [-0.2, -0.15) is 11.8 Å². The summed E-state index contributed by atoms with van der Waals surface area (Å²) < 4.78 is 10.2. The van der Waals surface area contributed by atoms with Gasteiger partial charge in [0.2, 0.25) is 0 Å². The Kier molecular flexibility index (Phi) is 5.26. The second kappa shape index (κ2) is 6.27. The first-order valence-corrected chi connectivity index (χ1v) is 7.37. The van der Waals surface area contributed by atoms with Gasteiger partial charge in [0, 0.05) is 0 Å². The molecule has 0 aromatic carbocycles. The Labute approximate surface area is 112 Å². The summed E-state index contributed by atoms with van der Waals surface area (Å²) in [7, 11) is 0. The average molecular weight is 272 g/mol. The van der Waals surface area contributed by atoms with Crippen molar-refractivity contribution in [2.45, 2.75) is 32.4 Å². The third-order valence-corrected chi connectivity index (χ3v) is 4.37. The molecule has 0 N–H and O–H groups in total. The second-order valence-corrected chi connectivity index (χ2v) is 5.12. The van der Waals surface area contributed by atoms with Crippen molar-refractivity contribution in [2.75, 3.05) is 19.5 Å². The SMILES string of the molecule is CCOC(=O)C1(C(=O)OCC)CC=C(C)C1SC. The quantitative estimate of drug-likeness (QED) is 0.436. The largest absolute Gasteiger partial charge is 0.465 e. The van der Waals surface area contributed by atoms with Gasteiger partial charge in [-0.25, -0.2) is 0 Å². The number of ether oxygens (including phenoxy) is 2. The van der Waals surface area contributed by atoms with Crippen LogP contribution >= 0.6 is 11.8 Å². The van der Waals surface area contributed by atoms with Crippen molar-refractivity contribution in [3.05, 3.63) is 11.6 Å². The highest BCUT2D eigenvalue weighted by atomic mass is 32.2. The first-order chi connectivity index (χ1) is 8.54. The fourth-order valence-electron chi connectivity index (χ4n) is 2.30. The van der Waals surface area contributed by atoms with E-state index >= 15 is 0 Å². The molecule has 18 heavy (non-hydrogen) atoms. The van der Waals surface area contributed by atoms with Crippen LogP contribution < -0.4 is 0 Å². The molecule has 1 aliphatic rings. The van der Waals surface area contributed by atoms with E-state index in [2.05, 4.69) is 0 Å². The van der Waals surface area contributed by atoms with E-state index in [1.807, 2.05) is 19.3 Å². The number of rotatable bonds is 5. The molecule has 0 bridgehead atoms. The van der Waals surface area contributed by atoms with Crippen molar-refractivity contribution in [2.24, 2.45) is 5.41 Å². The normalized spacial score (nSPS) is 21.3. The zero-order valence-electron chi connectivity index (χ0n) is 11.3. The number of esters is 2. The van der Waals surface area contributed by atoms with E-state index in [9.17, 15) is 9.59 Å². The predicted octanol–water partition coefficient (Wildman–Crippen LogP) is 2.18. The van der Waals surface area contributed by atoms with Crippen LogP contribution in [0.25, 0.3) is 0 Å². The lowest BCUT2D eigenvalue weighted by Gasteiger charge is -2.30. The third kappa shape index (κ3) is 2.41. The standard InChI is InChI=1S/C13H20O4S/c1-5-16-11(14)13(12(15)17-6-2)8-7-9(3)10(13)18-4/h7,10H,5-6,8H2,1-4H3. The van der Waals surface area contributed by atoms with Gasteiger partial charge in [-0.3, -0.25) is 9.59 Å². The lowest BCUT2D eigenvalue weighted by molar-refractivity contribution is -0.170. The number of thioether (sulfide) groups is 1. The molecule has 0 heterocycles. The van der Waals surface area contributed by atoms with Gasteiger partial charge < -0.3 is 9.47 Å². The highest BCUT2D eigenvalue weighted by Crippen LogP contribution is 2.46. The fraction of sp³-hybridized carbons (Fsp3) is 0.692. The molecule has 0 radical (unpaired) electrons. The predicted molar refractivity (Wildman–Crippen MR) is 71.4 cm³/mol. The minimum Gasteiger partial charge on any atom is -0.465 e. The van der Waals surface area contributed by atoms with Crippen molar-refractivity contribution in [3.8, 4) is 0 Å². The summed E-state index contributed by atoms with van der Waals surface area (Å²) in [4.78, 5) is 24.5. The van der Waals surface area contributed by atoms with Gasteiger partial charge in [0.25, 0.3) is 0 Å². The Bertz CT molecular complexity index is 344. The van der Waals surface area contributed by atoms with Crippen molar-refractivity contribution in [3.63, 3.8) is 0 Å². The summed E-state index contributed by atoms with van der Waals surface area (Å²) in [5, 5.41) is -0.199. The summed E-state index contributed by atoms with van der Waals surface area (Å²) in [5.41, 5.74) is -0.168. The molecule has 0 aromatic heterocycles. The molecule has 0 fully saturated rings. The van der Waals surface area contributed by atoms with Gasteiger partial charge in [-0.05, 0) is 33.4 Å². The first-order valence-electron chi connectivity index (χ1n) is 6.08. The maximum atomic E-state index is 12.2. The molecule has 1 unspecified atom stereocenters. The summed E-state index contributed by atoms with van der Waals surface area (Å²) in [5.74, 6) is -0.952. The summed E-state index contributed by atoms with van der Waals surface area (Å²) in [6.07, 6.45) is 4.18.